The topological polar surface area (TPSA) is 87.7 Å². The summed E-state index contributed by atoms with van der Waals surface area (Å²) in [5, 5.41) is 14.4. The van der Waals surface area contributed by atoms with Gasteiger partial charge < -0.3 is 16.3 Å². The third-order valence-electron chi connectivity index (χ3n) is 2.86. The van der Waals surface area contributed by atoms with Crippen LogP contribution < -0.4 is 11.1 Å². The number of rotatable bonds is 5. The molecule has 1 amide bonds. The smallest absolute Gasteiger partial charge is 0.251 e. The summed E-state index contributed by atoms with van der Waals surface area (Å²) in [4.78, 5) is 12.2. The van der Waals surface area contributed by atoms with Crippen molar-refractivity contribution in [3.05, 3.63) is 33.8 Å². The number of nitrogens with two attached hydrogens (primary N) is 1. The number of halogens is 1. The van der Waals surface area contributed by atoms with Crippen LogP contribution in [0.15, 0.2) is 27.8 Å². The van der Waals surface area contributed by atoms with E-state index in [0.717, 1.165) is 10.0 Å². The van der Waals surface area contributed by atoms with E-state index in [4.69, 9.17) is 10.9 Å². The molecule has 0 aromatic heterocycles. The monoisotopic (exact) mass is 327 g/mol. The van der Waals surface area contributed by atoms with Crippen LogP contribution in [0, 0.1) is 6.92 Å². The standard InChI is InChI=1S/C13H18BrN3O2/c1-3-10(7-12(15)17-19)16-13(18)11-6-9(14)5-4-8(11)2/h4-6,10,19H,3,7H2,1-2H3,(H2,15,17)(H,16,18). The Balaban J connectivity index is 2.80. The number of amidine groups is 1. The number of hydrogen-bond acceptors (Lipinski definition) is 3. The Morgan fingerprint density at radius 1 is 1.58 bits per heavy atom. The summed E-state index contributed by atoms with van der Waals surface area (Å²) < 4.78 is 0.854. The molecule has 0 saturated heterocycles. The minimum absolute atomic E-state index is 0.109. The molecular formula is C13H18BrN3O2. The molecule has 1 aromatic carbocycles. The van der Waals surface area contributed by atoms with Gasteiger partial charge >= 0.3 is 0 Å². The van der Waals surface area contributed by atoms with E-state index >= 15 is 0 Å². The average molecular weight is 328 g/mol. The molecule has 0 heterocycles. The molecule has 0 aliphatic rings. The second kappa shape index (κ2) is 7.13. The first kappa shape index (κ1) is 15.5. The molecule has 5 nitrogen and oxygen atoms in total. The van der Waals surface area contributed by atoms with Crippen LogP contribution in [0.3, 0.4) is 0 Å². The van der Waals surface area contributed by atoms with Gasteiger partial charge in [-0.05, 0) is 31.0 Å². The van der Waals surface area contributed by atoms with Crippen molar-refractivity contribution < 1.29 is 10.0 Å². The fourth-order valence-electron chi connectivity index (χ4n) is 1.69. The van der Waals surface area contributed by atoms with Crippen molar-refractivity contribution in [1.29, 1.82) is 0 Å². The van der Waals surface area contributed by atoms with Crippen LogP contribution >= 0.6 is 15.9 Å². The summed E-state index contributed by atoms with van der Waals surface area (Å²) in [5.41, 5.74) is 6.98. The highest BCUT2D eigenvalue weighted by Crippen LogP contribution is 2.16. The van der Waals surface area contributed by atoms with Crippen LogP contribution in [0.4, 0.5) is 0 Å². The molecule has 0 saturated carbocycles. The van der Waals surface area contributed by atoms with Gasteiger partial charge in [-0.15, -0.1) is 0 Å². The highest BCUT2D eigenvalue weighted by molar-refractivity contribution is 9.10. The summed E-state index contributed by atoms with van der Waals surface area (Å²) in [6.45, 7) is 3.81. The number of carbonyl (C=O) groups excluding carboxylic acids is 1. The molecule has 0 aliphatic carbocycles. The molecule has 1 aromatic rings. The molecule has 1 atom stereocenters. The summed E-state index contributed by atoms with van der Waals surface area (Å²) in [6, 6.07) is 5.39. The van der Waals surface area contributed by atoms with Crippen molar-refractivity contribution in [3.63, 3.8) is 0 Å². The third kappa shape index (κ3) is 4.55. The van der Waals surface area contributed by atoms with Gasteiger partial charge in [-0.3, -0.25) is 4.79 Å². The molecule has 1 rings (SSSR count). The fraction of sp³-hybridized carbons (Fsp3) is 0.385. The van der Waals surface area contributed by atoms with E-state index in [1.807, 2.05) is 26.0 Å². The number of nitrogens with one attached hydrogen (secondary N) is 1. The Kier molecular flexibility index (Phi) is 5.82. The van der Waals surface area contributed by atoms with Gasteiger partial charge in [0.05, 0.1) is 0 Å². The van der Waals surface area contributed by atoms with E-state index in [9.17, 15) is 4.79 Å². The molecule has 0 bridgehead atoms. The summed E-state index contributed by atoms with van der Waals surface area (Å²) >= 11 is 3.35. The maximum absolute atomic E-state index is 12.2. The molecule has 104 valence electrons. The van der Waals surface area contributed by atoms with Gasteiger partial charge in [-0.1, -0.05) is 34.1 Å². The lowest BCUT2D eigenvalue weighted by Gasteiger charge is -2.17. The van der Waals surface area contributed by atoms with Crippen LogP contribution in [-0.2, 0) is 0 Å². The summed E-state index contributed by atoms with van der Waals surface area (Å²) in [7, 11) is 0. The largest absolute Gasteiger partial charge is 0.409 e. The zero-order valence-electron chi connectivity index (χ0n) is 11.0. The molecule has 0 fully saturated rings. The minimum atomic E-state index is -0.156. The van der Waals surface area contributed by atoms with Gasteiger partial charge in [-0.2, -0.15) is 0 Å². The molecule has 0 aliphatic heterocycles. The molecule has 1 unspecified atom stereocenters. The quantitative estimate of drug-likeness (QED) is 0.336. The predicted octanol–water partition coefficient (Wildman–Crippen LogP) is 2.40. The van der Waals surface area contributed by atoms with Crippen molar-refractivity contribution in [2.24, 2.45) is 10.9 Å². The lowest BCUT2D eigenvalue weighted by molar-refractivity contribution is 0.0936. The van der Waals surface area contributed by atoms with Crippen LogP contribution in [0.2, 0.25) is 0 Å². The van der Waals surface area contributed by atoms with Crippen molar-refractivity contribution in [2.75, 3.05) is 0 Å². The lowest BCUT2D eigenvalue weighted by Crippen LogP contribution is -2.37. The van der Waals surface area contributed by atoms with E-state index in [0.29, 0.717) is 18.4 Å². The lowest BCUT2D eigenvalue weighted by atomic mass is 10.1. The molecule has 19 heavy (non-hydrogen) atoms. The van der Waals surface area contributed by atoms with Crippen LogP contribution in [-0.4, -0.2) is 23.0 Å². The Morgan fingerprint density at radius 3 is 2.84 bits per heavy atom. The number of hydrogen-bond donors (Lipinski definition) is 3. The van der Waals surface area contributed by atoms with E-state index < -0.39 is 0 Å². The average Bonchev–Trinajstić information content (AvgIpc) is 2.40. The van der Waals surface area contributed by atoms with Crippen LogP contribution in [0.25, 0.3) is 0 Å². The van der Waals surface area contributed by atoms with Crippen molar-refractivity contribution in [3.8, 4) is 0 Å². The van der Waals surface area contributed by atoms with Gasteiger partial charge in [0, 0.05) is 22.5 Å². The number of nitrogens with zero attached hydrogens (tertiary/aromatic N) is 1. The van der Waals surface area contributed by atoms with Crippen molar-refractivity contribution in [2.45, 2.75) is 32.7 Å². The second-order valence-electron chi connectivity index (χ2n) is 4.33. The molecule has 0 spiro atoms. The maximum Gasteiger partial charge on any atom is 0.251 e. The van der Waals surface area contributed by atoms with Gasteiger partial charge in [0.15, 0.2) is 0 Å². The van der Waals surface area contributed by atoms with Gasteiger partial charge in [-0.25, -0.2) is 0 Å². The Bertz CT molecular complexity index is 489. The Hall–Kier alpha value is -1.56. The SMILES string of the molecule is CCC(CC(N)=NO)NC(=O)c1cc(Br)ccc1C. The van der Waals surface area contributed by atoms with Gasteiger partial charge in [0.25, 0.3) is 5.91 Å². The van der Waals surface area contributed by atoms with Gasteiger partial charge in [0.2, 0.25) is 0 Å². The number of benzene rings is 1. The first-order valence-electron chi connectivity index (χ1n) is 6.01. The molecule has 6 heteroatoms. The van der Waals surface area contributed by atoms with Crippen LogP contribution in [0.5, 0.6) is 0 Å². The number of oxime groups is 1. The summed E-state index contributed by atoms with van der Waals surface area (Å²) in [5.74, 6) is -0.0468. The normalized spacial score (nSPS) is 13.1. The Labute approximate surface area is 121 Å². The fourth-order valence-corrected chi connectivity index (χ4v) is 2.05. The Morgan fingerprint density at radius 2 is 2.26 bits per heavy atom. The highest BCUT2D eigenvalue weighted by atomic mass is 79.9. The number of amides is 1. The third-order valence-corrected chi connectivity index (χ3v) is 3.35. The van der Waals surface area contributed by atoms with E-state index in [-0.39, 0.29) is 17.8 Å². The minimum Gasteiger partial charge on any atom is -0.409 e. The first-order valence-corrected chi connectivity index (χ1v) is 6.80. The summed E-state index contributed by atoms with van der Waals surface area (Å²) in [6.07, 6.45) is 1.03. The first-order chi connectivity index (χ1) is 8.97. The number of aryl methyl sites for hydroxylation is 1. The van der Waals surface area contributed by atoms with Crippen LogP contribution in [0.1, 0.15) is 35.7 Å². The zero-order chi connectivity index (χ0) is 14.4. The highest BCUT2D eigenvalue weighted by Gasteiger charge is 2.15. The van der Waals surface area contributed by atoms with E-state index in [1.54, 1.807) is 6.07 Å². The van der Waals surface area contributed by atoms with Gasteiger partial charge in [0.1, 0.15) is 5.84 Å². The molecule has 0 radical (unpaired) electrons. The van der Waals surface area contributed by atoms with Crippen molar-refractivity contribution in [1.82, 2.24) is 5.32 Å². The zero-order valence-corrected chi connectivity index (χ0v) is 12.6. The van der Waals surface area contributed by atoms with Crippen molar-refractivity contribution >= 4 is 27.7 Å². The number of carbonyl (C=O) groups is 1. The maximum atomic E-state index is 12.2. The predicted molar refractivity (Wildman–Crippen MR) is 78.5 cm³/mol. The molecular weight excluding hydrogens is 310 g/mol. The van der Waals surface area contributed by atoms with E-state index in [2.05, 4.69) is 26.4 Å². The second-order valence-corrected chi connectivity index (χ2v) is 5.25. The molecule has 4 N–H and O–H groups in total. The van der Waals surface area contributed by atoms with E-state index in [1.165, 1.54) is 0 Å².